The lowest BCUT2D eigenvalue weighted by atomic mass is 10.1. The van der Waals surface area contributed by atoms with E-state index in [2.05, 4.69) is 12.2 Å². The Hall–Kier alpha value is -1.07. The maximum atomic E-state index is 11.8. The Morgan fingerprint density at radius 3 is 2.78 bits per heavy atom. The molecule has 0 saturated carbocycles. The van der Waals surface area contributed by atoms with Gasteiger partial charge in [0.15, 0.2) is 11.5 Å². The zero-order chi connectivity index (χ0) is 12.5. The zero-order valence-corrected chi connectivity index (χ0v) is 11.2. The molecule has 0 aliphatic carbocycles. The first-order valence-electron chi connectivity index (χ1n) is 6.23. The van der Waals surface area contributed by atoms with Gasteiger partial charge >= 0.3 is 0 Å². The van der Waals surface area contributed by atoms with Crippen LogP contribution in [-0.4, -0.2) is 35.0 Å². The van der Waals surface area contributed by atoms with Crippen molar-refractivity contribution >= 4 is 10.8 Å². The van der Waals surface area contributed by atoms with Crippen LogP contribution in [0.3, 0.4) is 0 Å². The molecule has 3 unspecified atom stereocenters. The number of nitrogens with one attached hydrogen (secondary N) is 1. The average molecular weight is 267 g/mol. The summed E-state index contributed by atoms with van der Waals surface area (Å²) in [5.41, 5.74) is 1.12. The number of benzene rings is 1. The van der Waals surface area contributed by atoms with Crippen molar-refractivity contribution < 1.29 is 13.7 Å². The summed E-state index contributed by atoms with van der Waals surface area (Å²) in [7, 11) is -0.737. The molecular weight excluding hydrogens is 250 g/mol. The molecule has 0 bridgehead atoms. The molecule has 1 fully saturated rings. The van der Waals surface area contributed by atoms with E-state index < -0.39 is 10.8 Å². The summed E-state index contributed by atoms with van der Waals surface area (Å²) < 4.78 is 22.8. The van der Waals surface area contributed by atoms with Crippen molar-refractivity contribution in [1.82, 2.24) is 5.32 Å². The van der Waals surface area contributed by atoms with E-state index in [1.165, 1.54) is 0 Å². The topological polar surface area (TPSA) is 47.6 Å². The van der Waals surface area contributed by atoms with Crippen LogP contribution in [0.4, 0.5) is 0 Å². The lowest BCUT2D eigenvalue weighted by Gasteiger charge is -2.29. The first-order chi connectivity index (χ1) is 8.72. The van der Waals surface area contributed by atoms with E-state index in [1.54, 1.807) is 0 Å². The van der Waals surface area contributed by atoms with Crippen LogP contribution in [0.25, 0.3) is 0 Å². The van der Waals surface area contributed by atoms with Crippen LogP contribution in [0.15, 0.2) is 18.2 Å². The van der Waals surface area contributed by atoms with Gasteiger partial charge in [-0.15, -0.1) is 0 Å². The number of hydrogen-bond acceptors (Lipinski definition) is 4. The Morgan fingerprint density at radius 2 is 2.00 bits per heavy atom. The maximum Gasteiger partial charge on any atom is 0.161 e. The second-order valence-corrected chi connectivity index (χ2v) is 6.34. The van der Waals surface area contributed by atoms with Crippen LogP contribution in [0, 0.1) is 0 Å². The van der Waals surface area contributed by atoms with E-state index in [1.807, 2.05) is 18.2 Å². The molecular formula is C13H17NO3S. The first-order valence-corrected chi connectivity index (χ1v) is 7.72. The fraction of sp³-hybridized carbons (Fsp3) is 0.538. The van der Waals surface area contributed by atoms with Crippen LogP contribution in [0.1, 0.15) is 18.5 Å². The molecule has 1 N–H and O–H groups in total. The van der Waals surface area contributed by atoms with Crippen molar-refractivity contribution in [2.75, 3.05) is 24.7 Å². The van der Waals surface area contributed by atoms with Gasteiger partial charge in [-0.05, 0) is 24.6 Å². The lowest BCUT2D eigenvalue weighted by Crippen LogP contribution is -2.43. The second kappa shape index (κ2) is 4.90. The third-order valence-corrected chi connectivity index (χ3v) is 4.82. The molecule has 3 rings (SSSR count). The highest BCUT2D eigenvalue weighted by Gasteiger charge is 2.25. The minimum atomic E-state index is -0.737. The molecule has 1 saturated heterocycles. The first kappa shape index (κ1) is 12.0. The summed E-state index contributed by atoms with van der Waals surface area (Å²) in [5, 5.41) is 3.48. The molecule has 5 heteroatoms. The summed E-state index contributed by atoms with van der Waals surface area (Å²) in [6.07, 6.45) is 0. The SMILES string of the molecule is CC1CS(=O)CC(c2ccc3c(c2)OCCO3)N1. The van der Waals surface area contributed by atoms with Gasteiger partial charge in [0.05, 0.1) is 0 Å². The van der Waals surface area contributed by atoms with Gasteiger partial charge < -0.3 is 14.8 Å². The van der Waals surface area contributed by atoms with Gasteiger partial charge in [0.25, 0.3) is 0 Å². The lowest BCUT2D eigenvalue weighted by molar-refractivity contribution is 0.171. The maximum absolute atomic E-state index is 11.8. The Morgan fingerprint density at radius 1 is 1.22 bits per heavy atom. The van der Waals surface area contributed by atoms with Gasteiger partial charge in [-0.1, -0.05) is 6.07 Å². The van der Waals surface area contributed by atoms with Crippen LogP contribution in [0.2, 0.25) is 0 Å². The van der Waals surface area contributed by atoms with E-state index in [4.69, 9.17) is 9.47 Å². The van der Waals surface area contributed by atoms with Gasteiger partial charge in [-0.2, -0.15) is 0 Å². The fourth-order valence-corrected chi connectivity index (χ4v) is 3.89. The molecule has 1 aromatic carbocycles. The largest absolute Gasteiger partial charge is 0.486 e. The Bertz CT molecular complexity index is 477. The second-order valence-electron chi connectivity index (χ2n) is 4.80. The summed E-state index contributed by atoms with van der Waals surface area (Å²) >= 11 is 0. The Balaban J connectivity index is 1.85. The number of fused-ring (bicyclic) bond motifs is 1. The van der Waals surface area contributed by atoms with Crippen LogP contribution < -0.4 is 14.8 Å². The predicted octanol–water partition coefficient (Wildman–Crippen LogP) is 1.24. The molecule has 2 aliphatic rings. The molecule has 3 atom stereocenters. The molecule has 4 nitrogen and oxygen atoms in total. The Labute approximate surface area is 109 Å². The molecule has 0 amide bonds. The van der Waals surface area contributed by atoms with E-state index in [0.29, 0.717) is 19.0 Å². The number of rotatable bonds is 1. The van der Waals surface area contributed by atoms with Crippen molar-refractivity contribution in [1.29, 1.82) is 0 Å². The van der Waals surface area contributed by atoms with E-state index >= 15 is 0 Å². The highest BCUT2D eigenvalue weighted by atomic mass is 32.2. The fourth-order valence-electron chi connectivity index (χ4n) is 2.44. The van der Waals surface area contributed by atoms with Crippen LogP contribution in [-0.2, 0) is 10.8 Å². The minimum Gasteiger partial charge on any atom is -0.486 e. The monoisotopic (exact) mass is 267 g/mol. The van der Waals surface area contributed by atoms with Crippen molar-refractivity contribution in [3.63, 3.8) is 0 Å². The van der Waals surface area contributed by atoms with Crippen molar-refractivity contribution in [3.05, 3.63) is 23.8 Å². The van der Waals surface area contributed by atoms with Crippen molar-refractivity contribution in [2.45, 2.75) is 19.0 Å². The van der Waals surface area contributed by atoms with Gasteiger partial charge in [0.1, 0.15) is 13.2 Å². The molecule has 0 aromatic heterocycles. The highest BCUT2D eigenvalue weighted by molar-refractivity contribution is 7.85. The smallest absolute Gasteiger partial charge is 0.161 e. The summed E-state index contributed by atoms with van der Waals surface area (Å²) in [6, 6.07) is 6.40. The van der Waals surface area contributed by atoms with Gasteiger partial charge in [-0.3, -0.25) is 4.21 Å². The van der Waals surface area contributed by atoms with Crippen LogP contribution >= 0.6 is 0 Å². The highest BCUT2D eigenvalue weighted by Crippen LogP contribution is 2.33. The van der Waals surface area contributed by atoms with Crippen molar-refractivity contribution in [3.8, 4) is 11.5 Å². The molecule has 18 heavy (non-hydrogen) atoms. The van der Waals surface area contributed by atoms with Gasteiger partial charge in [-0.25, -0.2) is 0 Å². The summed E-state index contributed by atoms with van der Waals surface area (Å²) in [5.74, 6) is 3.00. The minimum absolute atomic E-state index is 0.144. The molecule has 2 aliphatic heterocycles. The summed E-state index contributed by atoms with van der Waals surface area (Å²) in [4.78, 5) is 0. The van der Waals surface area contributed by atoms with E-state index in [9.17, 15) is 4.21 Å². The zero-order valence-electron chi connectivity index (χ0n) is 10.3. The molecule has 1 aromatic rings. The van der Waals surface area contributed by atoms with E-state index in [0.717, 1.165) is 22.8 Å². The molecule has 0 radical (unpaired) electrons. The third-order valence-electron chi connectivity index (χ3n) is 3.24. The standard InChI is InChI=1S/C13H17NO3S/c1-9-7-18(15)8-11(14-9)10-2-3-12-13(6-10)17-5-4-16-12/h2-3,6,9,11,14H,4-5,7-8H2,1H3. The van der Waals surface area contributed by atoms with Crippen molar-refractivity contribution in [2.24, 2.45) is 0 Å². The van der Waals surface area contributed by atoms with Gasteiger partial charge in [0.2, 0.25) is 0 Å². The molecule has 0 spiro atoms. The van der Waals surface area contributed by atoms with Gasteiger partial charge in [0, 0.05) is 34.4 Å². The average Bonchev–Trinajstić information content (AvgIpc) is 2.37. The quantitative estimate of drug-likeness (QED) is 0.831. The predicted molar refractivity (Wildman–Crippen MR) is 70.6 cm³/mol. The third kappa shape index (κ3) is 2.37. The Kier molecular flexibility index (Phi) is 3.26. The number of hydrogen-bond donors (Lipinski definition) is 1. The van der Waals surface area contributed by atoms with E-state index in [-0.39, 0.29) is 12.1 Å². The normalized spacial score (nSPS) is 31.1. The number of ether oxygens (including phenoxy) is 2. The molecule has 98 valence electrons. The summed E-state index contributed by atoms with van der Waals surface area (Å²) in [6.45, 7) is 3.27. The van der Waals surface area contributed by atoms with Crippen LogP contribution in [0.5, 0.6) is 11.5 Å². The molecule has 2 heterocycles.